The Kier molecular flexibility index (Phi) is 16.2. The second kappa shape index (κ2) is 17.0. The summed E-state index contributed by atoms with van der Waals surface area (Å²) in [4.78, 5) is 9.77. The molecule has 0 aliphatic rings. The summed E-state index contributed by atoms with van der Waals surface area (Å²) in [7, 11) is 0. The van der Waals surface area contributed by atoms with Gasteiger partial charge in [0.25, 0.3) is 0 Å². The van der Waals surface area contributed by atoms with Gasteiger partial charge in [-0.2, -0.15) is 0 Å². The van der Waals surface area contributed by atoms with Crippen LogP contribution in [0, 0.1) is 0 Å². The first-order valence-electron chi connectivity index (χ1n) is 8.83. The first-order chi connectivity index (χ1) is 10.3. The van der Waals surface area contributed by atoms with Crippen LogP contribution in [0.25, 0.3) is 0 Å². The van der Waals surface area contributed by atoms with Gasteiger partial charge >= 0.3 is 0 Å². The predicted molar refractivity (Wildman–Crippen MR) is 90.8 cm³/mol. The summed E-state index contributed by atoms with van der Waals surface area (Å²) in [6.07, 6.45) is 19.6. The average Bonchev–Trinajstić information content (AvgIpc) is 3.03. The van der Waals surface area contributed by atoms with Crippen molar-refractivity contribution >= 4 is 6.29 Å². The molecule has 0 aliphatic carbocycles. The highest BCUT2D eigenvalue weighted by Crippen LogP contribution is 2.11. The van der Waals surface area contributed by atoms with E-state index in [2.05, 4.69) is 18.3 Å². The fraction of sp³-hybridized carbons (Fsp3) is 0.737. The fourth-order valence-electron chi connectivity index (χ4n) is 2.27. The molecule has 1 aromatic heterocycles. The Hall–Kier alpha value is -1.05. The van der Waals surface area contributed by atoms with Gasteiger partial charge in [0.1, 0.15) is 0 Å². The molecule has 21 heavy (non-hydrogen) atoms. The van der Waals surface area contributed by atoms with E-state index in [1.54, 1.807) is 12.1 Å². The van der Waals surface area contributed by atoms with Crippen LogP contribution in [0.1, 0.15) is 101 Å². The maximum atomic E-state index is 9.77. The average molecular weight is 294 g/mol. The van der Waals surface area contributed by atoms with Crippen LogP contribution in [0.4, 0.5) is 0 Å². The lowest BCUT2D eigenvalue weighted by Gasteiger charge is -2.01. The van der Waals surface area contributed by atoms with Crippen molar-refractivity contribution < 1.29 is 9.21 Å². The van der Waals surface area contributed by atoms with E-state index < -0.39 is 0 Å². The Bertz CT molecular complexity index is 279. The van der Waals surface area contributed by atoms with Crippen molar-refractivity contribution in [3.63, 3.8) is 0 Å². The summed E-state index contributed by atoms with van der Waals surface area (Å²) in [5.41, 5.74) is 0. The van der Waals surface area contributed by atoms with E-state index in [4.69, 9.17) is 0 Å². The van der Waals surface area contributed by atoms with Gasteiger partial charge in [-0.15, -0.1) is 0 Å². The highest BCUT2D eigenvalue weighted by atomic mass is 16.3. The van der Waals surface area contributed by atoms with Gasteiger partial charge in [0.2, 0.25) is 0 Å². The van der Waals surface area contributed by atoms with Gasteiger partial charge in [-0.1, -0.05) is 90.9 Å². The molecule has 0 unspecified atom stereocenters. The first-order valence-corrected chi connectivity index (χ1v) is 8.83. The maximum Gasteiger partial charge on any atom is 0.185 e. The third-order valence-electron chi connectivity index (χ3n) is 3.62. The predicted octanol–water partition coefficient (Wildman–Crippen LogP) is 6.80. The largest absolute Gasteiger partial charge is 0.462 e. The zero-order chi connectivity index (χ0) is 15.6. The Morgan fingerprint density at radius 2 is 1.24 bits per heavy atom. The van der Waals surface area contributed by atoms with Crippen molar-refractivity contribution in [3.05, 3.63) is 24.2 Å². The van der Waals surface area contributed by atoms with Gasteiger partial charge < -0.3 is 4.42 Å². The second-order valence-electron chi connectivity index (χ2n) is 5.67. The summed E-state index contributed by atoms with van der Waals surface area (Å²) in [5.74, 6) is 0.375. The molecule has 1 aromatic rings. The molecule has 0 saturated carbocycles. The molecule has 2 heteroatoms. The van der Waals surface area contributed by atoms with Crippen LogP contribution in [0.5, 0.6) is 0 Å². The van der Waals surface area contributed by atoms with Gasteiger partial charge in [0.15, 0.2) is 12.0 Å². The topological polar surface area (TPSA) is 30.2 Å². The summed E-state index contributed by atoms with van der Waals surface area (Å²) in [6.45, 7) is 4.57. The minimum atomic E-state index is 0.375. The fourth-order valence-corrected chi connectivity index (χ4v) is 2.27. The maximum absolute atomic E-state index is 9.77. The molecule has 0 radical (unpaired) electrons. The molecule has 1 heterocycles. The monoisotopic (exact) mass is 294 g/mol. The van der Waals surface area contributed by atoms with Gasteiger partial charge in [-0.25, -0.2) is 0 Å². The minimum Gasteiger partial charge on any atom is -0.462 e. The number of carbonyl (C=O) groups is 1. The molecule has 1 rings (SSSR count). The van der Waals surface area contributed by atoms with E-state index in [9.17, 15) is 4.79 Å². The van der Waals surface area contributed by atoms with E-state index in [1.165, 1.54) is 83.3 Å². The number of aldehydes is 1. The molecule has 0 aliphatic heterocycles. The molecular formula is C19H34O2. The molecular weight excluding hydrogens is 260 g/mol. The Morgan fingerprint density at radius 3 is 1.48 bits per heavy atom. The summed E-state index contributed by atoms with van der Waals surface area (Å²) in [6, 6.07) is 3.27. The minimum absolute atomic E-state index is 0.375. The smallest absolute Gasteiger partial charge is 0.185 e. The van der Waals surface area contributed by atoms with Crippen LogP contribution in [0.15, 0.2) is 22.8 Å². The second-order valence-corrected chi connectivity index (χ2v) is 5.67. The molecule has 122 valence electrons. The zero-order valence-electron chi connectivity index (χ0n) is 14.1. The van der Waals surface area contributed by atoms with Gasteiger partial charge in [0.05, 0.1) is 6.26 Å². The number of hydrogen-bond acceptors (Lipinski definition) is 2. The van der Waals surface area contributed by atoms with Gasteiger partial charge in [0, 0.05) is 0 Å². The first kappa shape index (κ1) is 19.9. The van der Waals surface area contributed by atoms with Crippen LogP contribution in [0.3, 0.4) is 0 Å². The number of unbranched alkanes of at least 4 members (excludes halogenated alkanes) is 11. The van der Waals surface area contributed by atoms with Crippen LogP contribution in [-0.2, 0) is 0 Å². The Balaban J connectivity index is 0.000000471. The van der Waals surface area contributed by atoms with E-state index >= 15 is 0 Å². The molecule has 0 aromatic carbocycles. The quantitative estimate of drug-likeness (QED) is 0.313. The van der Waals surface area contributed by atoms with Crippen molar-refractivity contribution in [2.24, 2.45) is 0 Å². The van der Waals surface area contributed by atoms with E-state index in [0.717, 1.165) is 0 Å². The number of hydrogen-bond donors (Lipinski definition) is 0. The summed E-state index contributed by atoms with van der Waals surface area (Å²) >= 11 is 0. The van der Waals surface area contributed by atoms with Crippen molar-refractivity contribution in [2.75, 3.05) is 0 Å². The van der Waals surface area contributed by atoms with Crippen molar-refractivity contribution in [3.8, 4) is 0 Å². The zero-order valence-corrected chi connectivity index (χ0v) is 14.1. The summed E-state index contributed by atoms with van der Waals surface area (Å²) < 4.78 is 4.61. The number of carbonyl (C=O) groups excluding carboxylic acids is 1. The van der Waals surface area contributed by atoms with Gasteiger partial charge in [-0.05, 0) is 12.1 Å². The molecule has 0 amide bonds. The molecule has 0 fully saturated rings. The highest BCUT2D eigenvalue weighted by Gasteiger charge is 1.91. The van der Waals surface area contributed by atoms with Crippen LogP contribution in [0.2, 0.25) is 0 Å². The number of furan rings is 1. The molecule has 0 N–H and O–H groups in total. The molecule has 0 atom stereocenters. The molecule has 2 nitrogen and oxygen atoms in total. The lowest BCUT2D eigenvalue weighted by atomic mass is 10.1. The lowest BCUT2D eigenvalue weighted by Crippen LogP contribution is -1.81. The summed E-state index contributed by atoms with van der Waals surface area (Å²) in [5, 5.41) is 0. The number of rotatable bonds is 12. The molecule has 0 spiro atoms. The lowest BCUT2D eigenvalue weighted by molar-refractivity contribution is 0.110. The normalized spacial score (nSPS) is 10.0. The standard InChI is InChI=1S/C14H30.C5H4O2/c1-3-5-7-9-11-13-14-12-10-8-6-4-2;6-4-5-2-1-3-7-5/h3-14H2,1-2H3;1-4H. The van der Waals surface area contributed by atoms with Crippen LogP contribution < -0.4 is 0 Å². The Labute approximate surface area is 131 Å². The van der Waals surface area contributed by atoms with E-state index in [0.29, 0.717) is 12.0 Å². The van der Waals surface area contributed by atoms with Gasteiger partial charge in [-0.3, -0.25) is 4.79 Å². The van der Waals surface area contributed by atoms with E-state index in [-0.39, 0.29) is 0 Å². The van der Waals surface area contributed by atoms with Crippen molar-refractivity contribution in [1.29, 1.82) is 0 Å². The SMILES string of the molecule is CCCCCCCCCCCCCC.O=Cc1ccco1. The van der Waals surface area contributed by atoms with Crippen molar-refractivity contribution in [2.45, 2.75) is 90.9 Å². The van der Waals surface area contributed by atoms with E-state index in [1.807, 2.05) is 0 Å². The highest BCUT2D eigenvalue weighted by molar-refractivity contribution is 5.69. The van der Waals surface area contributed by atoms with Crippen LogP contribution in [-0.4, -0.2) is 6.29 Å². The third-order valence-corrected chi connectivity index (χ3v) is 3.62. The van der Waals surface area contributed by atoms with Crippen LogP contribution >= 0.6 is 0 Å². The Morgan fingerprint density at radius 1 is 0.810 bits per heavy atom. The molecule has 0 bridgehead atoms. The van der Waals surface area contributed by atoms with Crippen molar-refractivity contribution in [1.82, 2.24) is 0 Å². The molecule has 0 saturated heterocycles. The third kappa shape index (κ3) is 15.2.